The van der Waals surface area contributed by atoms with Crippen molar-refractivity contribution < 1.29 is 13.9 Å². The second kappa shape index (κ2) is 6.47. The number of hydrogen-bond donors (Lipinski definition) is 0. The molecule has 2 aromatic rings. The number of hydrogen-bond acceptors (Lipinski definition) is 3. The van der Waals surface area contributed by atoms with Gasteiger partial charge in [0.2, 0.25) is 0 Å². The van der Waals surface area contributed by atoms with Crippen LogP contribution in [0, 0.1) is 24.6 Å². The van der Waals surface area contributed by atoms with Crippen molar-refractivity contribution in [2.75, 3.05) is 13.1 Å². The van der Waals surface area contributed by atoms with Crippen LogP contribution >= 0.6 is 0 Å². The van der Waals surface area contributed by atoms with Crippen molar-refractivity contribution in [1.29, 1.82) is 0 Å². The standard InChI is InChI=1S/C20H21FN2O2/c1-13-18(7-4-10-22-13)25-19-9-8-14-11-23(12-16(14)19)20(24)15-5-2-3-6-17(15)21/h2-7,10,14,16,19H,8-9,11-12H2,1H3/t14-,16+,19-/m1/s1. The lowest BCUT2D eigenvalue weighted by atomic mass is 9.99. The molecule has 1 aromatic carbocycles. The molecule has 4 nitrogen and oxygen atoms in total. The molecule has 2 fully saturated rings. The van der Waals surface area contributed by atoms with Gasteiger partial charge in [0.25, 0.3) is 5.91 Å². The van der Waals surface area contributed by atoms with Gasteiger partial charge in [0.15, 0.2) is 0 Å². The Labute approximate surface area is 146 Å². The van der Waals surface area contributed by atoms with Gasteiger partial charge in [-0.15, -0.1) is 0 Å². The Morgan fingerprint density at radius 1 is 1.20 bits per heavy atom. The summed E-state index contributed by atoms with van der Waals surface area (Å²) in [6.45, 7) is 3.25. The van der Waals surface area contributed by atoms with E-state index in [1.54, 1.807) is 29.3 Å². The number of pyridine rings is 1. The van der Waals surface area contributed by atoms with E-state index in [1.807, 2.05) is 19.1 Å². The summed E-state index contributed by atoms with van der Waals surface area (Å²) in [6, 6.07) is 10.00. The van der Waals surface area contributed by atoms with Crippen molar-refractivity contribution in [3.05, 3.63) is 59.7 Å². The minimum atomic E-state index is -0.455. The number of carbonyl (C=O) groups excluding carboxylic acids is 1. The Kier molecular flexibility index (Phi) is 4.15. The largest absolute Gasteiger partial charge is 0.488 e. The molecule has 5 heteroatoms. The number of benzene rings is 1. The van der Waals surface area contributed by atoms with E-state index in [9.17, 15) is 9.18 Å². The highest BCUT2D eigenvalue weighted by atomic mass is 19.1. The van der Waals surface area contributed by atoms with E-state index in [4.69, 9.17) is 4.74 Å². The van der Waals surface area contributed by atoms with Gasteiger partial charge < -0.3 is 9.64 Å². The smallest absolute Gasteiger partial charge is 0.256 e. The molecule has 1 amide bonds. The average molecular weight is 340 g/mol. The molecule has 0 spiro atoms. The molecule has 2 aliphatic rings. The van der Waals surface area contributed by atoms with Gasteiger partial charge in [0.05, 0.1) is 11.3 Å². The molecular weight excluding hydrogens is 319 g/mol. The van der Waals surface area contributed by atoms with Crippen LogP contribution in [0.1, 0.15) is 28.9 Å². The zero-order valence-corrected chi connectivity index (χ0v) is 14.2. The Bertz CT molecular complexity index is 795. The number of halogens is 1. The predicted octanol–water partition coefficient (Wildman–Crippen LogP) is 3.46. The molecule has 25 heavy (non-hydrogen) atoms. The first-order chi connectivity index (χ1) is 12.1. The Balaban J connectivity index is 1.47. The molecule has 1 aliphatic heterocycles. The van der Waals surface area contributed by atoms with Gasteiger partial charge in [0, 0.05) is 25.2 Å². The van der Waals surface area contributed by atoms with Gasteiger partial charge in [0.1, 0.15) is 17.7 Å². The van der Waals surface area contributed by atoms with Crippen LogP contribution in [0.5, 0.6) is 5.75 Å². The molecular formula is C20H21FN2O2. The van der Waals surface area contributed by atoms with Crippen LogP contribution in [0.4, 0.5) is 4.39 Å². The minimum Gasteiger partial charge on any atom is -0.488 e. The first kappa shape index (κ1) is 16.1. The predicted molar refractivity (Wildman–Crippen MR) is 91.9 cm³/mol. The summed E-state index contributed by atoms with van der Waals surface area (Å²) < 4.78 is 20.1. The minimum absolute atomic E-state index is 0.0892. The van der Waals surface area contributed by atoms with Gasteiger partial charge in [-0.05, 0) is 49.9 Å². The Morgan fingerprint density at radius 2 is 2.04 bits per heavy atom. The van der Waals surface area contributed by atoms with Gasteiger partial charge in [-0.1, -0.05) is 12.1 Å². The van der Waals surface area contributed by atoms with Crippen LogP contribution in [0.25, 0.3) is 0 Å². The van der Waals surface area contributed by atoms with E-state index in [0.29, 0.717) is 24.9 Å². The summed E-state index contributed by atoms with van der Waals surface area (Å²) >= 11 is 0. The van der Waals surface area contributed by atoms with Crippen LogP contribution in [0.3, 0.4) is 0 Å². The molecule has 0 radical (unpaired) electrons. The number of carbonyl (C=O) groups is 1. The fraction of sp³-hybridized carbons (Fsp3) is 0.400. The second-order valence-electron chi connectivity index (χ2n) is 6.93. The zero-order valence-electron chi connectivity index (χ0n) is 14.2. The van der Waals surface area contributed by atoms with E-state index < -0.39 is 5.82 Å². The first-order valence-electron chi connectivity index (χ1n) is 8.75. The topological polar surface area (TPSA) is 42.4 Å². The number of aromatic nitrogens is 1. The molecule has 2 heterocycles. The number of fused-ring (bicyclic) bond motifs is 1. The molecule has 1 aliphatic carbocycles. The molecule has 1 saturated carbocycles. The fourth-order valence-corrected chi connectivity index (χ4v) is 4.09. The molecule has 0 bridgehead atoms. The van der Waals surface area contributed by atoms with Crippen molar-refractivity contribution in [2.24, 2.45) is 11.8 Å². The number of ether oxygens (including phenoxy) is 1. The molecule has 130 valence electrons. The fourth-order valence-electron chi connectivity index (χ4n) is 4.09. The van der Waals surface area contributed by atoms with Gasteiger partial charge in [-0.2, -0.15) is 0 Å². The lowest BCUT2D eigenvalue weighted by molar-refractivity contribution is 0.0757. The monoisotopic (exact) mass is 340 g/mol. The summed E-state index contributed by atoms with van der Waals surface area (Å²) in [5.41, 5.74) is 1.03. The molecule has 3 atom stereocenters. The maximum atomic E-state index is 13.9. The van der Waals surface area contributed by atoms with E-state index >= 15 is 0 Å². The van der Waals surface area contributed by atoms with Crippen LogP contribution in [0.15, 0.2) is 42.6 Å². The molecule has 1 saturated heterocycles. The van der Waals surface area contributed by atoms with E-state index in [2.05, 4.69) is 4.98 Å². The number of likely N-dealkylation sites (tertiary alicyclic amines) is 1. The number of nitrogens with zero attached hydrogens (tertiary/aromatic N) is 2. The third kappa shape index (κ3) is 2.99. The van der Waals surface area contributed by atoms with Crippen molar-refractivity contribution >= 4 is 5.91 Å². The highest BCUT2D eigenvalue weighted by Crippen LogP contribution is 2.40. The average Bonchev–Trinajstić information content (AvgIpc) is 3.19. The number of aryl methyl sites for hydroxylation is 1. The van der Waals surface area contributed by atoms with Crippen LogP contribution in [-0.4, -0.2) is 35.0 Å². The molecule has 1 aromatic heterocycles. The van der Waals surface area contributed by atoms with Crippen LogP contribution in [0.2, 0.25) is 0 Å². The highest BCUT2D eigenvalue weighted by Gasteiger charge is 2.45. The third-order valence-corrected chi connectivity index (χ3v) is 5.42. The quantitative estimate of drug-likeness (QED) is 0.859. The molecule has 0 N–H and O–H groups in total. The van der Waals surface area contributed by atoms with Crippen molar-refractivity contribution in [1.82, 2.24) is 9.88 Å². The summed E-state index contributed by atoms with van der Waals surface area (Å²) in [5, 5.41) is 0. The maximum Gasteiger partial charge on any atom is 0.256 e. The van der Waals surface area contributed by atoms with Crippen molar-refractivity contribution in [3.8, 4) is 5.75 Å². The van der Waals surface area contributed by atoms with E-state index in [-0.39, 0.29) is 17.6 Å². The summed E-state index contributed by atoms with van der Waals surface area (Å²) in [5.74, 6) is 0.868. The molecule has 4 rings (SSSR count). The Morgan fingerprint density at radius 3 is 2.84 bits per heavy atom. The summed E-state index contributed by atoms with van der Waals surface area (Å²) in [7, 11) is 0. The lowest BCUT2D eigenvalue weighted by Gasteiger charge is -2.22. The van der Waals surface area contributed by atoms with Crippen LogP contribution in [-0.2, 0) is 0 Å². The van der Waals surface area contributed by atoms with Crippen LogP contribution < -0.4 is 4.74 Å². The Hall–Kier alpha value is -2.43. The first-order valence-corrected chi connectivity index (χ1v) is 8.75. The highest BCUT2D eigenvalue weighted by molar-refractivity contribution is 5.94. The second-order valence-corrected chi connectivity index (χ2v) is 6.93. The van der Waals surface area contributed by atoms with Gasteiger partial charge >= 0.3 is 0 Å². The van der Waals surface area contributed by atoms with Crippen molar-refractivity contribution in [3.63, 3.8) is 0 Å². The molecule has 0 unspecified atom stereocenters. The summed E-state index contributed by atoms with van der Waals surface area (Å²) in [4.78, 5) is 18.7. The van der Waals surface area contributed by atoms with Gasteiger partial charge in [-0.25, -0.2) is 4.39 Å². The van der Waals surface area contributed by atoms with E-state index in [1.165, 1.54) is 6.07 Å². The summed E-state index contributed by atoms with van der Waals surface area (Å²) in [6.07, 6.45) is 3.87. The van der Waals surface area contributed by atoms with Gasteiger partial charge in [-0.3, -0.25) is 9.78 Å². The maximum absolute atomic E-state index is 13.9. The normalized spacial score (nSPS) is 25.0. The van der Waals surface area contributed by atoms with E-state index in [0.717, 1.165) is 24.3 Å². The number of amides is 1. The number of rotatable bonds is 3. The lowest BCUT2D eigenvalue weighted by Crippen LogP contribution is -2.33. The SMILES string of the molecule is Cc1ncccc1O[C@@H]1CC[C@@H]2CN(C(=O)c3ccccc3F)C[C@@H]21. The zero-order chi connectivity index (χ0) is 17.4. The third-order valence-electron chi connectivity index (χ3n) is 5.42. The van der Waals surface area contributed by atoms with Crippen molar-refractivity contribution in [2.45, 2.75) is 25.9 Å².